The molecule has 0 aliphatic heterocycles. The van der Waals surface area contributed by atoms with Crippen molar-refractivity contribution >= 4 is 19.8 Å². The highest BCUT2D eigenvalue weighted by Crippen LogP contribution is 2.43. The van der Waals surface area contributed by atoms with Crippen LogP contribution < -0.4 is 0 Å². The average Bonchev–Trinajstić information content (AvgIpc) is 3.18. The molecule has 0 spiro atoms. The smallest absolute Gasteiger partial charge is 0.462 e. The Balaban J connectivity index is 4.46. The van der Waals surface area contributed by atoms with Crippen LogP contribution in [0.5, 0.6) is 0 Å². The van der Waals surface area contributed by atoms with Crippen LogP contribution in [0.15, 0.2) is 85.1 Å². The monoisotopic (exact) mass is 808 g/mol. The summed E-state index contributed by atoms with van der Waals surface area (Å²) >= 11 is 0. The predicted molar refractivity (Wildman–Crippen MR) is 225 cm³/mol. The van der Waals surface area contributed by atoms with Gasteiger partial charge in [0.2, 0.25) is 0 Å². The Morgan fingerprint density at radius 1 is 0.607 bits per heavy atom. The SMILES string of the molecule is CC/C=C\C/C=C\C/C=C\C/C=C\CCCCCCC(=O)O[C@H](COC(=O)CCCCCCC/C=C/C=C/C(O)C/C=C/CC)COP(=O)(O)OC[C@@H](O)CO. The van der Waals surface area contributed by atoms with Crippen molar-refractivity contribution in [3.8, 4) is 0 Å². The molecule has 12 heteroatoms. The summed E-state index contributed by atoms with van der Waals surface area (Å²) in [6.07, 6.45) is 41.6. The maximum Gasteiger partial charge on any atom is 0.472 e. The van der Waals surface area contributed by atoms with Crippen molar-refractivity contribution < 1.29 is 52.9 Å². The molecule has 0 bridgehead atoms. The number of aliphatic hydroxyl groups is 3. The molecular weight excluding hydrogens is 735 g/mol. The third kappa shape index (κ3) is 38.0. The first-order valence-electron chi connectivity index (χ1n) is 20.7. The van der Waals surface area contributed by atoms with E-state index < -0.39 is 57.9 Å². The van der Waals surface area contributed by atoms with Gasteiger partial charge in [0.1, 0.15) is 12.7 Å². The number of rotatable bonds is 37. The maximum absolute atomic E-state index is 12.6. The third-order valence-electron chi connectivity index (χ3n) is 8.13. The van der Waals surface area contributed by atoms with Gasteiger partial charge in [-0.2, -0.15) is 0 Å². The fourth-order valence-corrected chi connectivity index (χ4v) is 5.75. The Kier molecular flexibility index (Phi) is 36.9. The van der Waals surface area contributed by atoms with Crippen LogP contribution >= 0.6 is 7.82 Å². The van der Waals surface area contributed by atoms with E-state index in [1.54, 1.807) is 6.08 Å². The van der Waals surface area contributed by atoms with Gasteiger partial charge in [-0.05, 0) is 77.0 Å². The summed E-state index contributed by atoms with van der Waals surface area (Å²) in [5.41, 5.74) is 0. The highest BCUT2D eigenvalue weighted by atomic mass is 31.2. The topological polar surface area (TPSA) is 169 Å². The van der Waals surface area contributed by atoms with Crippen molar-refractivity contribution in [2.75, 3.05) is 26.4 Å². The van der Waals surface area contributed by atoms with Gasteiger partial charge >= 0.3 is 19.8 Å². The van der Waals surface area contributed by atoms with E-state index in [1.165, 1.54) is 0 Å². The van der Waals surface area contributed by atoms with Gasteiger partial charge in [0, 0.05) is 12.8 Å². The molecule has 0 aliphatic rings. The second kappa shape index (κ2) is 39.0. The van der Waals surface area contributed by atoms with Crippen molar-refractivity contribution in [3.05, 3.63) is 85.1 Å². The summed E-state index contributed by atoms with van der Waals surface area (Å²) in [4.78, 5) is 34.9. The van der Waals surface area contributed by atoms with Gasteiger partial charge < -0.3 is 29.7 Å². The molecular formula is C44H73O11P. The largest absolute Gasteiger partial charge is 0.472 e. The molecule has 0 aromatic carbocycles. The zero-order valence-corrected chi connectivity index (χ0v) is 35.1. The van der Waals surface area contributed by atoms with E-state index in [2.05, 4.69) is 73.1 Å². The van der Waals surface area contributed by atoms with Crippen LogP contribution in [0.2, 0.25) is 0 Å². The number of phosphoric acid groups is 1. The number of hydrogen-bond acceptors (Lipinski definition) is 10. The molecule has 320 valence electrons. The first kappa shape index (κ1) is 53.1. The number of allylic oxidation sites excluding steroid dienone is 12. The summed E-state index contributed by atoms with van der Waals surface area (Å²) in [6.45, 7) is 1.96. The summed E-state index contributed by atoms with van der Waals surface area (Å²) < 4.78 is 32.6. The Morgan fingerprint density at radius 3 is 1.75 bits per heavy atom. The van der Waals surface area contributed by atoms with Crippen molar-refractivity contribution in [3.63, 3.8) is 0 Å². The van der Waals surface area contributed by atoms with Crippen LogP contribution in [0, 0.1) is 0 Å². The summed E-state index contributed by atoms with van der Waals surface area (Å²) in [7, 11) is -4.65. The second-order valence-corrected chi connectivity index (χ2v) is 14.9. The van der Waals surface area contributed by atoms with E-state index in [-0.39, 0.29) is 19.4 Å². The number of carbonyl (C=O) groups excluding carboxylic acids is 2. The number of carbonyl (C=O) groups is 2. The predicted octanol–water partition coefficient (Wildman–Crippen LogP) is 9.63. The number of ether oxygens (including phenoxy) is 2. The number of esters is 2. The number of hydrogen-bond donors (Lipinski definition) is 4. The van der Waals surface area contributed by atoms with Crippen molar-refractivity contribution in [1.82, 2.24) is 0 Å². The molecule has 0 saturated carbocycles. The Bertz CT molecular complexity index is 1220. The first-order valence-corrected chi connectivity index (χ1v) is 22.1. The molecule has 0 fully saturated rings. The van der Waals surface area contributed by atoms with Crippen molar-refractivity contribution in [2.24, 2.45) is 0 Å². The lowest BCUT2D eigenvalue weighted by Gasteiger charge is -2.20. The summed E-state index contributed by atoms with van der Waals surface area (Å²) in [6, 6.07) is 0. The van der Waals surface area contributed by atoms with E-state index in [4.69, 9.17) is 19.1 Å². The van der Waals surface area contributed by atoms with Gasteiger partial charge in [0.15, 0.2) is 6.10 Å². The molecule has 0 saturated heterocycles. The Labute approximate surface area is 337 Å². The minimum atomic E-state index is -4.65. The van der Waals surface area contributed by atoms with Gasteiger partial charge in [-0.3, -0.25) is 18.6 Å². The zero-order chi connectivity index (χ0) is 41.4. The lowest BCUT2D eigenvalue weighted by atomic mass is 10.1. The molecule has 0 aromatic heterocycles. The molecule has 0 rings (SSSR count). The van der Waals surface area contributed by atoms with E-state index in [0.29, 0.717) is 19.3 Å². The standard InChI is InChI=1S/C44H73O11P/c1-3-5-7-8-9-10-11-12-13-14-15-16-17-20-24-27-31-35-44(49)55-42(39-54-56(50,51)53-37-41(47)36-45)38-52-43(48)34-30-26-23-21-18-19-22-25-29-33-40(46)32-28-6-4-2/h5-7,9-10,12-13,15-16,22,25,28-29,33,40-42,45-47H,3-4,8,11,14,17-21,23-24,26-27,30-32,34-39H2,1-2H3,(H,50,51)/b7-5-,10-9-,13-12-,16-15-,25-22+,28-6+,33-29+/t40?,41-,42+/m0/s1. The van der Waals surface area contributed by atoms with Gasteiger partial charge in [-0.25, -0.2) is 4.57 Å². The lowest BCUT2D eigenvalue weighted by molar-refractivity contribution is -0.161. The summed E-state index contributed by atoms with van der Waals surface area (Å²) in [5, 5.41) is 28.2. The second-order valence-electron chi connectivity index (χ2n) is 13.4. The van der Waals surface area contributed by atoms with Crippen molar-refractivity contribution in [1.29, 1.82) is 0 Å². The fourth-order valence-electron chi connectivity index (χ4n) is 4.96. The zero-order valence-electron chi connectivity index (χ0n) is 34.2. The van der Waals surface area contributed by atoms with Crippen LogP contribution in [0.25, 0.3) is 0 Å². The van der Waals surface area contributed by atoms with Crippen LogP contribution in [-0.4, -0.2) is 76.9 Å². The lowest BCUT2D eigenvalue weighted by Crippen LogP contribution is -2.29. The molecule has 0 aliphatic carbocycles. The molecule has 4 atom stereocenters. The van der Waals surface area contributed by atoms with E-state index >= 15 is 0 Å². The molecule has 0 aromatic rings. The van der Waals surface area contributed by atoms with E-state index in [0.717, 1.165) is 89.9 Å². The molecule has 0 amide bonds. The minimum absolute atomic E-state index is 0.136. The van der Waals surface area contributed by atoms with Crippen LogP contribution in [0.4, 0.5) is 0 Å². The molecule has 11 nitrogen and oxygen atoms in total. The van der Waals surface area contributed by atoms with Gasteiger partial charge in [-0.1, -0.05) is 131 Å². The minimum Gasteiger partial charge on any atom is -0.462 e. The summed E-state index contributed by atoms with van der Waals surface area (Å²) in [5.74, 6) is -1.02. The molecule has 56 heavy (non-hydrogen) atoms. The van der Waals surface area contributed by atoms with Gasteiger partial charge in [-0.15, -0.1) is 0 Å². The Morgan fingerprint density at radius 2 is 1.12 bits per heavy atom. The van der Waals surface area contributed by atoms with Crippen LogP contribution in [0.1, 0.15) is 136 Å². The highest BCUT2D eigenvalue weighted by molar-refractivity contribution is 7.47. The normalized spacial score (nSPS) is 15.3. The molecule has 2 unspecified atom stereocenters. The van der Waals surface area contributed by atoms with E-state index in [1.807, 2.05) is 24.3 Å². The van der Waals surface area contributed by atoms with Crippen LogP contribution in [-0.2, 0) is 32.7 Å². The maximum atomic E-state index is 12.6. The van der Waals surface area contributed by atoms with Gasteiger partial charge in [0.25, 0.3) is 0 Å². The van der Waals surface area contributed by atoms with Crippen molar-refractivity contribution in [2.45, 2.75) is 154 Å². The molecule has 0 heterocycles. The number of aliphatic hydroxyl groups excluding tert-OH is 3. The fraction of sp³-hybridized carbons (Fsp3) is 0.636. The van der Waals surface area contributed by atoms with Gasteiger partial charge in [0.05, 0.1) is 25.9 Å². The van der Waals surface area contributed by atoms with E-state index in [9.17, 15) is 29.3 Å². The average molecular weight is 809 g/mol. The Hall–Kier alpha value is -2.89. The highest BCUT2D eigenvalue weighted by Gasteiger charge is 2.27. The molecule has 4 N–H and O–H groups in total. The number of unbranched alkanes of at least 4 members (excludes halogenated alkanes) is 9. The first-order chi connectivity index (χ1) is 27.1. The quantitative estimate of drug-likeness (QED) is 0.0155. The van der Waals surface area contributed by atoms with Crippen LogP contribution in [0.3, 0.4) is 0 Å². The molecule has 0 radical (unpaired) electrons. The number of phosphoric ester groups is 1. The third-order valence-corrected chi connectivity index (χ3v) is 9.08.